The fourth-order valence-electron chi connectivity index (χ4n) is 3.31. The first-order valence-electron chi connectivity index (χ1n) is 9.94. The number of sulfone groups is 1. The second kappa shape index (κ2) is 8.39. The first-order valence-corrected chi connectivity index (χ1v) is 11.4. The van der Waals surface area contributed by atoms with E-state index in [1.807, 2.05) is 6.92 Å². The Morgan fingerprint density at radius 2 is 1.62 bits per heavy atom. The normalized spacial score (nSPS) is 11.4. The van der Waals surface area contributed by atoms with E-state index in [1.165, 1.54) is 16.8 Å². The van der Waals surface area contributed by atoms with Gasteiger partial charge in [-0.1, -0.05) is 29.8 Å². The lowest BCUT2D eigenvalue weighted by molar-refractivity contribution is 0.0526. The van der Waals surface area contributed by atoms with Crippen molar-refractivity contribution < 1.29 is 17.9 Å². The van der Waals surface area contributed by atoms with E-state index in [0.29, 0.717) is 16.8 Å². The number of hydrogen-bond donors (Lipinski definition) is 0. The number of para-hydroxylation sites is 1. The molecule has 0 amide bonds. The van der Waals surface area contributed by atoms with Crippen molar-refractivity contribution in [2.75, 3.05) is 6.61 Å². The molecular weight excluding hydrogens is 428 g/mol. The van der Waals surface area contributed by atoms with E-state index in [2.05, 4.69) is 5.10 Å². The topological polar surface area (TPSA) is 95.3 Å². The van der Waals surface area contributed by atoms with Gasteiger partial charge in [0.05, 0.1) is 33.7 Å². The number of esters is 1. The minimum absolute atomic E-state index is 0.00723. The van der Waals surface area contributed by atoms with Crippen LogP contribution in [0.3, 0.4) is 0 Å². The summed E-state index contributed by atoms with van der Waals surface area (Å²) in [6.07, 6.45) is 0. The molecule has 0 unspecified atom stereocenters. The first-order chi connectivity index (χ1) is 15.3. The van der Waals surface area contributed by atoms with E-state index in [1.54, 1.807) is 67.6 Å². The quantitative estimate of drug-likeness (QED) is 0.432. The number of carbonyl (C=O) groups is 1. The Morgan fingerprint density at radius 1 is 0.969 bits per heavy atom. The molecule has 0 radical (unpaired) electrons. The summed E-state index contributed by atoms with van der Waals surface area (Å²) in [4.78, 5) is 25.0. The molecule has 0 atom stereocenters. The Morgan fingerprint density at radius 3 is 2.28 bits per heavy atom. The monoisotopic (exact) mass is 448 g/mol. The second-order valence-corrected chi connectivity index (χ2v) is 9.01. The molecule has 0 N–H and O–H groups in total. The van der Waals surface area contributed by atoms with Gasteiger partial charge in [0.25, 0.3) is 0 Å². The lowest BCUT2D eigenvalue weighted by Gasteiger charge is -2.13. The molecule has 32 heavy (non-hydrogen) atoms. The van der Waals surface area contributed by atoms with Crippen LogP contribution >= 0.6 is 0 Å². The summed E-state index contributed by atoms with van der Waals surface area (Å²) in [5.41, 5.74) is 1.53. The van der Waals surface area contributed by atoms with Crippen LogP contribution in [-0.2, 0) is 14.6 Å². The van der Waals surface area contributed by atoms with Gasteiger partial charge in [0, 0.05) is 0 Å². The van der Waals surface area contributed by atoms with Crippen molar-refractivity contribution >= 4 is 26.7 Å². The van der Waals surface area contributed by atoms with Crippen LogP contribution in [-0.4, -0.2) is 30.8 Å². The number of hydrogen-bond acceptors (Lipinski definition) is 6. The van der Waals surface area contributed by atoms with Gasteiger partial charge in [0.1, 0.15) is 0 Å². The molecule has 1 heterocycles. The van der Waals surface area contributed by atoms with Crippen molar-refractivity contribution in [1.29, 1.82) is 0 Å². The molecule has 0 bridgehead atoms. The van der Waals surface area contributed by atoms with Gasteiger partial charge in [0.15, 0.2) is 0 Å². The smallest absolute Gasteiger partial charge is 0.338 e. The second-order valence-electron chi connectivity index (χ2n) is 7.15. The van der Waals surface area contributed by atoms with Crippen LogP contribution in [0.1, 0.15) is 22.8 Å². The fraction of sp³-hybridized carbons (Fsp3) is 0.125. The summed E-state index contributed by atoms with van der Waals surface area (Å²) in [5.74, 6) is -0.459. The predicted octanol–water partition coefficient (Wildman–Crippen LogP) is 3.70. The van der Waals surface area contributed by atoms with Crippen molar-refractivity contribution in [3.63, 3.8) is 0 Å². The van der Waals surface area contributed by atoms with Crippen molar-refractivity contribution in [1.82, 2.24) is 9.78 Å². The summed E-state index contributed by atoms with van der Waals surface area (Å²) < 4.78 is 32.9. The molecule has 1 aromatic heterocycles. The first kappa shape index (κ1) is 21.5. The van der Waals surface area contributed by atoms with Crippen LogP contribution in [0.4, 0.5) is 0 Å². The SMILES string of the molecule is CCOC(=O)c1ccc(-n2nc(S(=O)(=O)c3ccc(C)cc3)c(=O)c3ccccc32)cc1. The standard InChI is InChI=1S/C24H20N2O5S/c1-3-31-24(28)17-10-12-18(13-11-17)26-21-7-5-4-6-20(21)22(27)23(25-26)32(29,30)19-14-8-16(2)9-15-19/h4-15H,3H2,1-2H3. The highest BCUT2D eigenvalue weighted by Gasteiger charge is 2.26. The molecule has 0 aliphatic heterocycles. The van der Waals surface area contributed by atoms with E-state index in [9.17, 15) is 18.0 Å². The van der Waals surface area contributed by atoms with Crippen molar-refractivity contribution in [2.45, 2.75) is 23.8 Å². The maximum Gasteiger partial charge on any atom is 0.338 e. The Bertz CT molecular complexity index is 1470. The Hall–Kier alpha value is -3.78. The minimum atomic E-state index is -4.16. The van der Waals surface area contributed by atoms with Gasteiger partial charge in [-0.3, -0.25) is 4.79 Å². The maximum atomic E-state index is 13.3. The summed E-state index contributed by atoms with van der Waals surface area (Å²) >= 11 is 0. The predicted molar refractivity (Wildman–Crippen MR) is 120 cm³/mol. The summed E-state index contributed by atoms with van der Waals surface area (Å²) in [5, 5.41) is 3.92. The van der Waals surface area contributed by atoms with Gasteiger partial charge in [-0.15, -0.1) is 0 Å². The van der Waals surface area contributed by atoms with Gasteiger partial charge in [-0.25, -0.2) is 17.9 Å². The molecule has 0 saturated heterocycles. The average molecular weight is 449 g/mol. The molecule has 4 rings (SSSR count). The van der Waals surface area contributed by atoms with Crippen LogP contribution in [0.15, 0.2) is 87.5 Å². The molecule has 4 aromatic rings. The van der Waals surface area contributed by atoms with E-state index in [0.717, 1.165) is 5.56 Å². The zero-order valence-corrected chi connectivity index (χ0v) is 18.3. The number of carbonyl (C=O) groups excluding carboxylic acids is 1. The Kier molecular flexibility index (Phi) is 5.63. The summed E-state index contributed by atoms with van der Waals surface area (Å²) in [7, 11) is -4.16. The molecule has 0 aliphatic carbocycles. The molecule has 8 heteroatoms. The fourth-order valence-corrected chi connectivity index (χ4v) is 4.57. The summed E-state index contributed by atoms with van der Waals surface area (Å²) in [6.45, 7) is 3.82. The van der Waals surface area contributed by atoms with Crippen LogP contribution in [0.5, 0.6) is 0 Å². The number of nitrogens with zero attached hydrogens (tertiary/aromatic N) is 2. The number of benzene rings is 3. The molecule has 0 saturated carbocycles. The van der Waals surface area contributed by atoms with Crippen LogP contribution in [0.2, 0.25) is 0 Å². The van der Waals surface area contributed by atoms with Crippen molar-refractivity contribution in [3.05, 3.63) is 94.1 Å². The number of aryl methyl sites for hydroxylation is 1. The van der Waals surface area contributed by atoms with E-state index in [-0.39, 0.29) is 16.9 Å². The Labute approximate surface area is 184 Å². The van der Waals surface area contributed by atoms with Gasteiger partial charge in [0.2, 0.25) is 20.3 Å². The minimum Gasteiger partial charge on any atom is -0.462 e. The van der Waals surface area contributed by atoms with Crippen LogP contribution < -0.4 is 5.43 Å². The number of fused-ring (bicyclic) bond motifs is 1. The highest BCUT2D eigenvalue weighted by molar-refractivity contribution is 7.91. The number of rotatable bonds is 5. The third-order valence-electron chi connectivity index (χ3n) is 4.97. The van der Waals surface area contributed by atoms with Gasteiger partial charge >= 0.3 is 5.97 Å². The molecule has 3 aromatic carbocycles. The molecule has 0 fully saturated rings. The molecule has 0 spiro atoms. The highest BCUT2D eigenvalue weighted by Crippen LogP contribution is 2.22. The van der Waals surface area contributed by atoms with E-state index < -0.39 is 26.3 Å². The van der Waals surface area contributed by atoms with Crippen LogP contribution in [0, 0.1) is 6.92 Å². The third-order valence-corrected chi connectivity index (χ3v) is 6.64. The van der Waals surface area contributed by atoms with Crippen molar-refractivity contribution in [3.8, 4) is 5.69 Å². The Balaban J connectivity index is 1.93. The molecule has 162 valence electrons. The molecule has 0 aliphatic rings. The molecular formula is C24H20N2O5S. The third kappa shape index (κ3) is 3.80. The maximum absolute atomic E-state index is 13.3. The lowest BCUT2D eigenvalue weighted by atomic mass is 10.2. The van der Waals surface area contributed by atoms with Crippen LogP contribution in [0.25, 0.3) is 16.6 Å². The summed E-state index contributed by atoms with van der Waals surface area (Å²) in [6, 6.07) is 19.3. The highest BCUT2D eigenvalue weighted by atomic mass is 32.2. The van der Waals surface area contributed by atoms with E-state index in [4.69, 9.17) is 4.74 Å². The van der Waals surface area contributed by atoms with Gasteiger partial charge in [-0.2, -0.15) is 5.10 Å². The average Bonchev–Trinajstić information content (AvgIpc) is 2.80. The van der Waals surface area contributed by atoms with Gasteiger partial charge in [-0.05, 0) is 62.4 Å². The largest absolute Gasteiger partial charge is 0.462 e. The zero-order chi connectivity index (χ0) is 22.9. The molecule has 7 nitrogen and oxygen atoms in total. The van der Waals surface area contributed by atoms with E-state index >= 15 is 0 Å². The zero-order valence-electron chi connectivity index (χ0n) is 17.5. The van der Waals surface area contributed by atoms with Gasteiger partial charge < -0.3 is 4.74 Å². The number of ether oxygens (including phenoxy) is 1. The van der Waals surface area contributed by atoms with Crippen molar-refractivity contribution in [2.24, 2.45) is 0 Å². The number of aromatic nitrogens is 2. The lowest BCUT2D eigenvalue weighted by Crippen LogP contribution is -2.22.